The Kier molecular flexibility index (Phi) is 6.60. The highest BCUT2D eigenvalue weighted by molar-refractivity contribution is 7.70. The minimum absolute atomic E-state index is 0.109. The summed E-state index contributed by atoms with van der Waals surface area (Å²) in [5.41, 5.74) is 0.709. The Morgan fingerprint density at radius 1 is 1.28 bits per heavy atom. The predicted octanol–water partition coefficient (Wildman–Crippen LogP) is 3.76. The molecule has 154 valence electrons. The molecule has 0 bridgehead atoms. The summed E-state index contributed by atoms with van der Waals surface area (Å²) in [5.74, 6) is 0.735. The third kappa shape index (κ3) is 5.58. The fourth-order valence-corrected chi connectivity index (χ4v) is 4.68. The fourth-order valence-electron chi connectivity index (χ4n) is 3.39. The third-order valence-corrected chi connectivity index (χ3v) is 6.61. The van der Waals surface area contributed by atoms with Crippen molar-refractivity contribution in [1.82, 2.24) is 15.3 Å². The van der Waals surface area contributed by atoms with Crippen LogP contribution in [0.2, 0.25) is 5.02 Å². The van der Waals surface area contributed by atoms with Crippen LogP contribution in [0.4, 0.5) is 17.5 Å². The van der Waals surface area contributed by atoms with Crippen LogP contribution in [0.5, 0.6) is 0 Å². The number of carbonyl (C=O) groups is 1. The van der Waals surface area contributed by atoms with Gasteiger partial charge < -0.3 is 20.5 Å². The first-order valence-electron chi connectivity index (χ1n) is 9.40. The van der Waals surface area contributed by atoms with Crippen LogP contribution in [0.1, 0.15) is 19.3 Å². The average molecular weight is 434 g/mol. The molecule has 1 heterocycles. The van der Waals surface area contributed by atoms with Crippen LogP contribution >= 0.6 is 18.7 Å². The molecular formula is C20H25ClN5O2P. The molecule has 29 heavy (non-hydrogen) atoms. The average Bonchev–Trinajstić information content (AvgIpc) is 3.10. The number of hydrogen-bond donors (Lipinski definition) is 3. The van der Waals surface area contributed by atoms with E-state index in [-0.39, 0.29) is 18.0 Å². The van der Waals surface area contributed by atoms with Crippen LogP contribution in [0, 0.1) is 0 Å². The van der Waals surface area contributed by atoms with E-state index in [2.05, 4.69) is 32.5 Å². The molecule has 2 aromatic rings. The van der Waals surface area contributed by atoms with Gasteiger partial charge in [-0.05, 0) is 50.8 Å². The second-order valence-electron chi connectivity index (χ2n) is 7.45. The first-order chi connectivity index (χ1) is 13.8. The van der Waals surface area contributed by atoms with Gasteiger partial charge in [0.2, 0.25) is 11.9 Å². The highest BCUT2D eigenvalue weighted by atomic mass is 35.5. The molecule has 0 radical (unpaired) electrons. The molecule has 1 unspecified atom stereocenters. The summed E-state index contributed by atoms with van der Waals surface area (Å²) in [6, 6.07) is 7.68. The molecule has 1 saturated carbocycles. The van der Waals surface area contributed by atoms with Crippen LogP contribution < -0.4 is 21.3 Å². The summed E-state index contributed by atoms with van der Waals surface area (Å²) in [4.78, 5) is 20.2. The van der Waals surface area contributed by atoms with Crippen molar-refractivity contribution in [2.45, 2.75) is 31.3 Å². The van der Waals surface area contributed by atoms with Crippen molar-refractivity contribution in [3.8, 4) is 0 Å². The largest absolute Gasteiger partial charge is 0.351 e. The first kappa shape index (κ1) is 21.3. The summed E-state index contributed by atoms with van der Waals surface area (Å²) in [5, 5.41) is 10.5. The van der Waals surface area contributed by atoms with E-state index < -0.39 is 7.14 Å². The lowest BCUT2D eigenvalue weighted by atomic mass is 10.2. The number of nitrogens with zero attached hydrogens (tertiary/aromatic N) is 2. The number of anilines is 3. The van der Waals surface area contributed by atoms with E-state index in [0.29, 0.717) is 22.5 Å². The summed E-state index contributed by atoms with van der Waals surface area (Å²) >= 11 is 6.28. The number of benzene rings is 1. The number of halogens is 1. The van der Waals surface area contributed by atoms with Crippen molar-refractivity contribution in [3.05, 3.63) is 48.1 Å². The van der Waals surface area contributed by atoms with Gasteiger partial charge in [-0.2, -0.15) is 4.98 Å². The van der Waals surface area contributed by atoms with Crippen molar-refractivity contribution in [2.24, 2.45) is 0 Å². The number of nitrogens with one attached hydrogen (secondary N) is 3. The predicted molar refractivity (Wildman–Crippen MR) is 119 cm³/mol. The van der Waals surface area contributed by atoms with Gasteiger partial charge in [-0.3, -0.25) is 4.79 Å². The minimum Gasteiger partial charge on any atom is -0.351 e. The molecule has 1 aliphatic carbocycles. The van der Waals surface area contributed by atoms with Gasteiger partial charge >= 0.3 is 0 Å². The van der Waals surface area contributed by atoms with E-state index in [9.17, 15) is 9.36 Å². The molecule has 1 aromatic heterocycles. The van der Waals surface area contributed by atoms with E-state index in [1.54, 1.807) is 13.3 Å². The Morgan fingerprint density at radius 3 is 2.72 bits per heavy atom. The number of hydrogen-bond acceptors (Lipinski definition) is 6. The Hall–Kier alpha value is -2.37. The van der Waals surface area contributed by atoms with E-state index in [1.807, 2.05) is 24.3 Å². The van der Waals surface area contributed by atoms with Gasteiger partial charge in [0, 0.05) is 17.4 Å². The zero-order valence-electron chi connectivity index (χ0n) is 16.5. The van der Waals surface area contributed by atoms with Gasteiger partial charge in [0.05, 0.1) is 11.9 Å². The maximum atomic E-state index is 12.6. The Labute approximate surface area is 175 Å². The van der Waals surface area contributed by atoms with Crippen molar-refractivity contribution < 1.29 is 9.36 Å². The van der Waals surface area contributed by atoms with Crippen LogP contribution in [0.3, 0.4) is 0 Å². The van der Waals surface area contributed by atoms with E-state index in [0.717, 1.165) is 24.6 Å². The SMILES string of the molecule is C=CC(=O)N[C@@H]1CCC(Nc2ncc(Cl)c(Nc3ccccc3P(C)(C)=O)n2)C1. The van der Waals surface area contributed by atoms with Crippen LogP contribution in [0.15, 0.2) is 43.1 Å². The quantitative estimate of drug-likeness (QED) is 0.454. The maximum Gasteiger partial charge on any atom is 0.243 e. The summed E-state index contributed by atoms with van der Waals surface area (Å²) in [6.45, 7) is 6.93. The van der Waals surface area contributed by atoms with Crippen LogP contribution in [-0.4, -0.2) is 41.3 Å². The molecule has 7 nitrogen and oxygen atoms in total. The Balaban J connectivity index is 1.72. The molecule has 0 aliphatic heterocycles. The number of amides is 1. The minimum atomic E-state index is -2.47. The van der Waals surface area contributed by atoms with Crippen molar-refractivity contribution in [1.29, 1.82) is 0 Å². The highest BCUT2D eigenvalue weighted by Gasteiger charge is 2.26. The zero-order chi connectivity index (χ0) is 21.0. The highest BCUT2D eigenvalue weighted by Crippen LogP contribution is 2.38. The molecular weight excluding hydrogens is 409 g/mol. The van der Waals surface area contributed by atoms with Gasteiger partial charge in [0.1, 0.15) is 12.2 Å². The van der Waals surface area contributed by atoms with E-state index in [4.69, 9.17) is 11.6 Å². The maximum absolute atomic E-state index is 12.6. The van der Waals surface area contributed by atoms with Gasteiger partial charge in [0.25, 0.3) is 0 Å². The molecule has 9 heteroatoms. The molecule has 1 aromatic carbocycles. The smallest absolute Gasteiger partial charge is 0.243 e. The molecule has 3 N–H and O–H groups in total. The zero-order valence-corrected chi connectivity index (χ0v) is 18.1. The third-order valence-electron chi connectivity index (χ3n) is 4.78. The van der Waals surface area contributed by atoms with Crippen LogP contribution in [-0.2, 0) is 9.36 Å². The van der Waals surface area contributed by atoms with Crippen molar-refractivity contribution in [3.63, 3.8) is 0 Å². The lowest BCUT2D eigenvalue weighted by Gasteiger charge is -2.17. The molecule has 1 fully saturated rings. The van der Waals surface area contributed by atoms with E-state index >= 15 is 0 Å². The van der Waals surface area contributed by atoms with Crippen molar-refractivity contribution >= 4 is 47.4 Å². The Bertz CT molecular complexity index is 962. The fraction of sp³-hybridized carbons (Fsp3) is 0.350. The van der Waals surface area contributed by atoms with Crippen molar-refractivity contribution in [2.75, 3.05) is 24.0 Å². The van der Waals surface area contributed by atoms with Crippen LogP contribution in [0.25, 0.3) is 0 Å². The Morgan fingerprint density at radius 2 is 2.00 bits per heavy atom. The summed E-state index contributed by atoms with van der Waals surface area (Å²) in [6.07, 6.45) is 5.38. The molecule has 1 aliphatic rings. The molecule has 2 atom stereocenters. The molecule has 0 saturated heterocycles. The van der Waals surface area contributed by atoms with Gasteiger partial charge in [-0.15, -0.1) is 0 Å². The number of para-hydroxylation sites is 1. The van der Waals surface area contributed by atoms with Gasteiger partial charge in [-0.25, -0.2) is 4.98 Å². The summed E-state index contributed by atoms with van der Waals surface area (Å²) in [7, 11) is -2.47. The topological polar surface area (TPSA) is 96.0 Å². The van der Waals surface area contributed by atoms with Gasteiger partial charge in [0.15, 0.2) is 5.82 Å². The summed E-state index contributed by atoms with van der Waals surface area (Å²) < 4.78 is 12.6. The first-order valence-corrected chi connectivity index (χ1v) is 12.4. The van der Waals surface area contributed by atoms with Gasteiger partial charge in [-0.1, -0.05) is 30.3 Å². The molecule has 0 spiro atoms. The molecule has 1 amide bonds. The lowest BCUT2D eigenvalue weighted by Crippen LogP contribution is -2.32. The number of aromatic nitrogens is 2. The standard InChI is InChI=1S/C20H25ClN5O2P/c1-4-18(27)23-13-9-10-14(11-13)24-20-22-12-15(21)19(26-20)25-16-7-5-6-8-17(16)29(2,3)28/h4-8,12-14H,1,9-11H2,2-3H3,(H,23,27)(H2,22,24,25,26)/t13-,14?/m1/s1. The second kappa shape index (κ2) is 8.97. The second-order valence-corrected chi connectivity index (χ2v) is 11.0. The molecule has 3 rings (SSSR count). The van der Waals surface area contributed by atoms with E-state index in [1.165, 1.54) is 12.3 Å². The normalized spacial score (nSPS) is 18.9. The number of carbonyl (C=O) groups excluding carboxylic acids is 1. The number of rotatable bonds is 7. The lowest BCUT2D eigenvalue weighted by molar-refractivity contribution is -0.117. The monoisotopic (exact) mass is 433 g/mol.